The molecule has 0 fully saturated rings. The quantitative estimate of drug-likeness (QED) is 0.654. The van der Waals surface area contributed by atoms with Crippen molar-refractivity contribution >= 4 is 17.3 Å². The van der Waals surface area contributed by atoms with Crippen molar-refractivity contribution in [3.63, 3.8) is 0 Å². The molecule has 2 nitrogen and oxygen atoms in total. The number of anilines is 1. The molecule has 0 aromatic heterocycles. The van der Waals surface area contributed by atoms with Crippen molar-refractivity contribution in [1.82, 2.24) is 0 Å². The Morgan fingerprint density at radius 3 is 2.61 bits per heavy atom. The minimum absolute atomic E-state index is 0.601. The molecule has 2 rings (SSSR count). The van der Waals surface area contributed by atoms with Crippen LogP contribution in [0.25, 0.3) is 0 Å². The van der Waals surface area contributed by atoms with Crippen LogP contribution in [0.4, 0.5) is 5.69 Å². The molecule has 3 heteroatoms. The molecule has 2 aromatic carbocycles. The first kappa shape index (κ1) is 12.8. The van der Waals surface area contributed by atoms with Crippen molar-refractivity contribution in [3.05, 3.63) is 59.1 Å². The third-order valence-corrected chi connectivity index (χ3v) is 2.98. The lowest BCUT2D eigenvalue weighted by molar-refractivity contribution is 0.311. The Bertz CT molecular complexity index is 499. The fourth-order valence-electron chi connectivity index (χ4n) is 1.73. The molecule has 0 spiro atoms. The highest BCUT2D eigenvalue weighted by Gasteiger charge is 2.01. The Morgan fingerprint density at radius 2 is 1.83 bits per heavy atom. The molecule has 0 unspecified atom stereocenters. The molecule has 0 radical (unpaired) electrons. The van der Waals surface area contributed by atoms with Crippen LogP contribution in [0.3, 0.4) is 0 Å². The van der Waals surface area contributed by atoms with Crippen LogP contribution in [0.5, 0.6) is 5.75 Å². The fraction of sp³-hybridized carbons (Fsp3) is 0.200. The van der Waals surface area contributed by atoms with E-state index in [4.69, 9.17) is 22.1 Å². The number of hydrogen-bond donors (Lipinski definition) is 1. The summed E-state index contributed by atoms with van der Waals surface area (Å²) in [6.45, 7) is 0.637. The maximum atomic E-state index is 6.01. The molecular weight excluding hydrogens is 246 g/mol. The molecule has 0 aliphatic heterocycles. The van der Waals surface area contributed by atoms with Crippen LogP contribution in [-0.2, 0) is 6.42 Å². The zero-order valence-corrected chi connectivity index (χ0v) is 10.9. The normalized spacial score (nSPS) is 10.3. The van der Waals surface area contributed by atoms with E-state index in [-0.39, 0.29) is 0 Å². The van der Waals surface area contributed by atoms with Gasteiger partial charge in [-0.2, -0.15) is 0 Å². The van der Waals surface area contributed by atoms with Crippen LogP contribution in [0, 0.1) is 0 Å². The van der Waals surface area contributed by atoms with Gasteiger partial charge in [0.25, 0.3) is 0 Å². The van der Waals surface area contributed by atoms with E-state index in [0.717, 1.165) is 12.8 Å². The SMILES string of the molecule is Nc1ccc(Cl)c(OCCCc2ccccc2)c1. The van der Waals surface area contributed by atoms with Gasteiger partial charge < -0.3 is 10.5 Å². The molecule has 0 atom stereocenters. The van der Waals surface area contributed by atoms with Crippen LogP contribution >= 0.6 is 11.6 Å². The Balaban J connectivity index is 1.80. The monoisotopic (exact) mass is 261 g/mol. The van der Waals surface area contributed by atoms with Crippen molar-refractivity contribution in [2.75, 3.05) is 12.3 Å². The average Bonchev–Trinajstić information content (AvgIpc) is 2.40. The van der Waals surface area contributed by atoms with Gasteiger partial charge in [-0.1, -0.05) is 41.9 Å². The minimum Gasteiger partial charge on any atom is -0.492 e. The highest BCUT2D eigenvalue weighted by atomic mass is 35.5. The van der Waals surface area contributed by atoms with Crippen LogP contribution < -0.4 is 10.5 Å². The topological polar surface area (TPSA) is 35.2 Å². The first-order valence-electron chi connectivity index (χ1n) is 5.97. The molecule has 0 amide bonds. The van der Waals surface area contributed by atoms with E-state index in [1.807, 2.05) is 18.2 Å². The zero-order chi connectivity index (χ0) is 12.8. The number of aryl methyl sites for hydroxylation is 1. The Morgan fingerprint density at radius 1 is 1.06 bits per heavy atom. The van der Waals surface area contributed by atoms with E-state index in [1.54, 1.807) is 18.2 Å². The summed E-state index contributed by atoms with van der Waals surface area (Å²) in [5.74, 6) is 0.657. The van der Waals surface area contributed by atoms with Crippen LogP contribution in [0.2, 0.25) is 5.02 Å². The van der Waals surface area contributed by atoms with Crippen LogP contribution in [0.1, 0.15) is 12.0 Å². The standard InChI is InChI=1S/C15H16ClNO/c16-14-9-8-13(17)11-15(14)18-10-4-7-12-5-2-1-3-6-12/h1-3,5-6,8-9,11H,4,7,10,17H2. The van der Waals surface area contributed by atoms with Gasteiger partial charge in [0.1, 0.15) is 5.75 Å². The highest BCUT2D eigenvalue weighted by Crippen LogP contribution is 2.26. The second-order valence-corrected chi connectivity index (χ2v) is 4.53. The largest absolute Gasteiger partial charge is 0.492 e. The van der Waals surface area contributed by atoms with Gasteiger partial charge in [0, 0.05) is 11.8 Å². The molecule has 0 saturated heterocycles. The third kappa shape index (κ3) is 3.67. The Kier molecular flexibility index (Phi) is 4.48. The summed E-state index contributed by atoms with van der Waals surface area (Å²) in [4.78, 5) is 0. The van der Waals surface area contributed by atoms with Gasteiger partial charge in [-0.15, -0.1) is 0 Å². The van der Waals surface area contributed by atoms with Gasteiger partial charge in [-0.3, -0.25) is 0 Å². The Hall–Kier alpha value is -1.67. The van der Waals surface area contributed by atoms with Crippen molar-refractivity contribution < 1.29 is 4.74 Å². The molecule has 0 aliphatic rings. The lowest BCUT2D eigenvalue weighted by Crippen LogP contribution is -2.00. The second kappa shape index (κ2) is 6.31. The van der Waals surface area contributed by atoms with Gasteiger partial charge in [-0.05, 0) is 30.5 Å². The van der Waals surface area contributed by atoms with Gasteiger partial charge in [-0.25, -0.2) is 0 Å². The molecule has 2 N–H and O–H groups in total. The highest BCUT2D eigenvalue weighted by molar-refractivity contribution is 6.32. The third-order valence-electron chi connectivity index (χ3n) is 2.67. The summed E-state index contributed by atoms with van der Waals surface area (Å²) >= 11 is 6.01. The maximum absolute atomic E-state index is 6.01. The predicted octanol–water partition coefficient (Wildman–Crippen LogP) is 3.93. The summed E-state index contributed by atoms with van der Waals surface area (Å²) in [5.41, 5.74) is 7.67. The lowest BCUT2D eigenvalue weighted by atomic mass is 10.1. The van der Waals surface area contributed by atoms with Gasteiger partial charge in [0.2, 0.25) is 0 Å². The first-order valence-corrected chi connectivity index (χ1v) is 6.35. The number of nitrogens with two attached hydrogens (primary N) is 1. The summed E-state index contributed by atoms with van der Waals surface area (Å²) < 4.78 is 5.63. The van der Waals surface area contributed by atoms with Gasteiger partial charge >= 0.3 is 0 Å². The molecule has 0 saturated carbocycles. The molecule has 0 bridgehead atoms. The smallest absolute Gasteiger partial charge is 0.139 e. The van der Waals surface area contributed by atoms with E-state index in [0.29, 0.717) is 23.1 Å². The van der Waals surface area contributed by atoms with E-state index >= 15 is 0 Å². The first-order chi connectivity index (χ1) is 8.75. The Labute approximate surface area is 112 Å². The lowest BCUT2D eigenvalue weighted by Gasteiger charge is -2.08. The van der Waals surface area contributed by atoms with Gasteiger partial charge in [0.05, 0.1) is 11.6 Å². The summed E-state index contributed by atoms with van der Waals surface area (Å²) in [6.07, 6.45) is 1.95. The predicted molar refractivity (Wildman–Crippen MR) is 76.1 cm³/mol. The van der Waals surface area contributed by atoms with E-state index < -0.39 is 0 Å². The number of rotatable bonds is 5. The number of hydrogen-bond acceptors (Lipinski definition) is 2. The number of ether oxygens (including phenoxy) is 1. The maximum Gasteiger partial charge on any atom is 0.139 e. The number of halogens is 1. The average molecular weight is 262 g/mol. The molecular formula is C15H16ClNO. The van der Waals surface area contributed by atoms with Crippen LogP contribution in [-0.4, -0.2) is 6.61 Å². The van der Waals surface area contributed by atoms with Crippen LogP contribution in [0.15, 0.2) is 48.5 Å². The zero-order valence-electron chi connectivity index (χ0n) is 10.1. The van der Waals surface area contributed by atoms with E-state index in [1.165, 1.54) is 5.56 Å². The summed E-state index contributed by atoms with van der Waals surface area (Å²) in [7, 11) is 0. The van der Waals surface area contributed by atoms with Gasteiger partial charge in [0.15, 0.2) is 0 Å². The molecule has 94 valence electrons. The van der Waals surface area contributed by atoms with Crippen molar-refractivity contribution in [2.24, 2.45) is 0 Å². The summed E-state index contributed by atoms with van der Waals surface area (Å²) in [6, 6.07) is 15.6. The second-order valence-electron chi connectivity index (χ2n) is 4.13. The number of nitrogen functional groups attached to an aromatic ring is 1. The fourth-order valence-corrected chi connectivity index (χ4v) is 1.91. The number of benzene rings is 2. The van der Waals surface area contributed by atoms with Crippen molar-refractivity contribution in [2.45, 2.75) is 12.8 Å². The van der Waals surface area contributed by atoms with E-state index in [2.05, 4.69) is 12.1 Å². The van der Waals surface area contributed by atoms with Crippen molar-refractivity contribution in [3.8, 4) is 5.75 Å². The van der Waals surface area contributed by atoms with E-state index in [9.17, 15) is 0 Å². The molecule has 0 heterocycles. The summed E-state index contributed by atoms with van der Waals surface area (Å²) in [5, 5.41) is 0.601. The minimum atomic E-state index is 0.601. The molecule has 0 aliphatic carbocycles. The van der Waals surface area contributed by atoms with Crippen molar-refractivity contribution in [1.29, 1.82) is 0 Å². The molecule has 2 aromatic rings. The molecule has 18 heavy (non-hydrogen) atoms.